The summed E-state index contributed by atoms with van der Waals surface area (Å²) in [5.41, 5.74) is 0.675. The summed E-state index contributed by atoms with van der Waals surface area (Å²) in [6.07, 6.45) is 0.510. The Hall–Kier alpha value is -2.64. The number of hydrogen-bond donors (Lipinski definition) is 4. The number of amides is 4. The summed E-state index contributed by atoms with van der Waals surface area (Å²) >= 11 is 0. The van der Waals surface area contributed by atoms with E-state index >= 15 is 0 Å². The van der Waals surface area contributed by atoms with E-state index in [1.807, 2.05) is 27.7 Å². The van der Waals surface area contributed by atoms with Crippen LogP contribution in [0.5, 0.6) is 0 Å². The van der Waals surface area contributed by atoms with Crippen molar-refractivity contribution >= 4 is 23.6 Å². The lowest BCUT2D eigenvalue weighted by Crippen LogP contribution is -2.51. The Morgan fingerprint density at radius 1 is 0.690 bits per heavy atom. The molecule has 0 aromatic rings. The molecule has 0 spiro atoms. The third-order valence-electron chi connectivity index (χ3n) is 4.20. The average Bonchev–Trinajstić information content (AvgIpc) is 2.61. The number of nitrogens with one attached hydrogen (secondary N) is 4. The molecule has 0 rings (SSSR count). The molecule has 164 valence electrons. The highest BCUT2D eigenvalue weighted by molar-refractivity contribution is 5.96. The van der Waals surface area contributed by atoms with Crippen molar-refractivity contribution in [2.45, 2.75) is 60.0 Å². The summed E-state index contributed by atoms with van der Waals surface area (Å²) in [5, 5.41) is 10.9. The number of carbonyl (C=O) groups excluding carboxylic acids is 4. The van der Waals surface area contributed by atoms with Crippen LogP contribution in [0.25, 0.3) is 0 Å². The van der Waals surface area contributed by atoms with Crippen molar-refractivity contribution in [1.82, 2.24) is 21.3 Å². The van der Waals surface area contributed by atoms with Gasteiger partial charge in [0, 0.05) is 24.2 Å². The summed E-state index contributed by atoms with van der Waals surface area (Å²) < 4.78 is 0. The fraction of sp³-hybridized carbons (Fsp3) is 0.619. The second-order valence-corrected chi connectivity index (χ2v) is 7.89. The average molecular weight is 409 g/mol. The Morgan fingerprint density at radius 2 is 1.00 bits per heavy atom. The van der Waals surface area contributed by atoms with E-state index < -0.39 is 12.1 Å². The molecule has 0 aliphatic carbocycles. The highest BCUT2D eigenvalue weighted by atomic mass is 16.2. The van der Waals surface area contributed by atoms with Crippen molar-refractivity contribution in [3.63, 3.8) is 0 Å². The topological polar surface area (TPSA) is 116 Å². The van der Waals surface area contributed by atoms with Crippen LogP contribution in [0.4, 0.5) is 0 Å². The first-order chi connectivity index (χ1) is 13.4. The molecule has 0 aromatic heterocycles. The maximum atomic E-state index is 12.3. The van der Waals surface area contributed by atoms with Gasteiger partial charge in [0.25, 0.3) is 0 Å². The highest BCUT2D eigenvalue weighted by Crippen LogP contribution is 2.04. The first-order valence-corrected chi connectivity index (χ1v) is 9.86. The summed E-state index contributed by atoms with van der Waals surface area (Å²) in [7, 11) is 0. The Morgan fingerprint density at radius 3 is 1.24 bits per heavy atom. The van der Waals surface area contributed by atoms with Gasteiger partial charge in [0.15, 0.2) is 0 Å². The SMILES string of the molecule is C=C(C)C(=O)N[C@H](C(=O)NCCCNC(=O)[C@@H](NC(=O)C(=C)C)C(C)C)C(C)C. The van der Waals surface area contributed by atoms with Gasteiger partial charge in [0.2, 0.25) is 23.6 Å². The Balaban J connectivity index is 4.47. The molecule has 4 N–H and O–H groups in total. The molecule has 8 heteroatoms. The molecule has 0 unspecified atom stereocenters. The number of hydrogen-bond acceptors (Lipinski definition) is 4. The van der Waals surface area contributed by atoms with Crippen LogP contribution < -0.4 is 21.3 Å². The third-order valence-corrected chi connectivity index (χ3v) is 4.20. The van der Waals surface area contributed by atoms with Crippen molar-refractivity contribution < 1.29 is 19.2 Å². The fourth-order valence-corrected chi connectivity index (χ4v) is 2.33. The third kappa shape index (κ3) is 9.91. The minimum Gasteiger partial charge on any atom is -0.354 e. The van der Waals surface area contributed by atoms with E-state index in [0.717, 1.165) is 0 Å². The normalized spacial score (nSPS) is 12.7. The molecule has 0 aliphatic rings. The monoisotopic (exact) mass is 408 g/mol. The van der Waals surface area contributed by atoms with Crippen molar-refractivity contribution in [3.05, 3.63) is 24.3 Å². The first kappa shape index (κ1) is 26.4. The molecule has 0 saturated heterocycles. The quantitative estimate of drug-likeness (QED) is 0.285. The van der Waals surface area contributed by atoms with Gasteiger partial charge < -0.3 is 21.3 Å². The van der Waals surface area contributed by atoms with Gasteiger partial charge in [-0.25, -0.2) is 0 Å². The maximum absolute atomic E-state index is 12.3. The van der Waals surface area contributed by atoms with Gasteiger partial charge in [-0.2, -0.15) is 0 Å². The summed E-state index contributed by atoms with van der Waals surface area (Å²) in [4.78, 5) is 48.2. The van der Waals surface area contributed by atoms with Gasteiger partial charge in [0.1, 0.15) is 12.1 Å². The molecular formula is C21H36N4O4. The number of rotatable bonds is 12. The second-order valence-electron chi connectivity index (χ2n) is 7.89. The highest BCUT2D eigenvalue weighted by Gasteiger charge is 2.25. The molecule has 29 heavy (non-hydrogen) atoms. The largest absolute Gasteiger partial charge is 0.354 e. The molecule has 0 saturated carbocycles. The lowest BCUT2D eigenvalue weighted by atomic mass is 10.0. The predicted octanol–water partition coefficient (Wildman–Crippen LogP) is 1.04. The van der Waals surface area contributed by atoms with Crippen molar-refractivity contribution in [2.24, 2.45) is 11.8 Å². The van der Waals surface area contributed by atoms with Crippen LogP contribution in [0.1, 0.15) is 48.0 Å². The molecule has 4 amide bonds. The molecule has 0 aliphatic heterocycles. The molecule has 0 fully saturated rings. The van der Waals surface area contributed by atoms with Gasteiger partial charge in [-0.05, 0) is 32.1 Å². The van der Waals surface area contributed by atoms with Crippen LogP contribution in [0.3, 0.4) is 0 Å². The molecule has 0 bridgehead atoms. The van der Waals surface area contributed by atoms with Crippen LogP contribution >= 0.6 is 0 Å². The predicted molar refractivity (Wildman–Crippen MR) is 114 cm³/mol. The lowest BCUT2D eigenvalue weighted by molar-refractivity contribution is -0.128. The van der Waals surface area contributed by atoms with E-state index in [1.165, 1.54) is 0 Å². The smallest absolute Gasteiger partial charge is 0.246 e. The maximum Gasteiger partial charge on any atom is 0.246 e. The minimum absolute atomic E-state index is 0.0817. The fourth-order valence-electron chi connectivity index (χ4n) is 2.33. The molecular weight excluding hydrogens is 372 g/mol. The van der Waals surface area contributed by atoms with Gasteiger partial charge in [-0.1, -0.05) is 40.9 Å². The molecule has 0 radical (unpaired) electrons. The molecule has 0 heterocycles. The van der Waals surface area contributed by atoms with E-state index in [2.05, 4.69) is 34.4 Å². The Bertz CT molecular complexity index is 587. The molecule has 2 atom stereocenters. The zero-order valence-electron chi connectivity index (χ0n) is 18.5. The van der Waals surface area contributed by atoms with Crippen molar-refractivity contribution in [2.75, 3.05) is 13.1 Å². The van der Waals surface area contributed by atoms with E-state index in [0.29, 0.717) is 30.7 Å². The summed E-state index contributed by atoms with van der Waals surface area (Å²) in [6.45, 7) is 18.4. The molecule has 8 nitrogen and oxygen atoms in total. The van der Waals surface area contributed by atoms with Crippen LogP contribution in [0.15, 0.2) is 24.3 Å². The second kappa shape index (κ2) is 12.7. The summed E-state index contributed by atoms with van der Waals surface area (Å²) in [6, 6.07) is -1.31. The van der Waals surface area contributed by atoms with Gasteiger partial charge in [-0.15, -0.1) is 0 Å². The van der Waals surface area contributed by atoms with Crippen molar-refractivity contribution in [3.8, 4) is 0 Å². The standard InChI is InChI=1S/C21H36N4O4/c1-12(2)16(24-18(26)14(5)6)20(28)22-10-9-11-23-21(29)17(13(3)4)25-19(27)15(7)8/h12-13,16-17H,5,7,9-11H2,1-4,6,8H3,(H,22,28)(H,23,29)(H,24,26)(H,25,27)/t16-,17-/m0/s1. The minimum atomic E-state index is -0.656. The van der Waals surface area contributed by atoms with E-state index in [9.17, 15) is 19.2 Å². The Kier molecular flexibility index (Phi) is 11.6. The lowest BCUT2D eigenvalue weighted by Gasteiger charge is -2.22. The Labute approximate surface area is 174 Å². The van der Waals surface area contributed by atoms with Crippen LogP contribution in [0.2, 0.25) is 0 Å². The van der Waals surface area contributed by atoms with Crippen LogP contribution in [-0.2, 0) is 19.2 Å². The van der Waals surface area contributed by atoms with Crippen LogP contribution in [-0.4, -0.2) is 48.8 Å². The van der Waals surface area contributed by atoms with E-state index in [-0.39, 0.29) is 35.5 Å². The zero-order chi connectivity index (χ0) is 22.7. The van der Waals surface area contributed by atoms with Crippen molar-refractivity contribution in [1.29, 1.82) is 0 Å². The summed E-state index contributed by atoms with van der Waals surface area (Å²) in [5.74, 6) is -1.45. The van der Waals surface area contributed by atoms with Gasteiger partial charge in [-0.3, -0.25) is 19.2 Å². The zero-order valence-corrected chi connectivity index (χ0v) is 18.5. The first-order valence-electron chi connectivity index (χ1n) is 9.86. The van der Waals surface area contributed by atoms with E-state index in [1.54, 1.807) is 13.8 Å². The number of carbonyl (C=O) groups is 4. The van der Waals surface area contributed by atoms with Gasteiger partial charge >= 0.3 is 0 Å². The van der Waals surface area contributed by atoms with E-state index in [4.69, 9.17) is 0 Å². The molecule has 0 aromatic carbocycles. The van der Waals surface area contributed by atoms with Gasteiger partial charge in [0.05, 0.1) is 0 Å². The van der Waals surface area contributed by atoms with Crippen LogP contribution in [0, 0.1) is 11.8 Å².